The number of rotatable bonds is 7. The molecule has 37 heavy (non-hydrogen) atoms. The van der Waals surface area contributed by atoms with Gasteiger partial charge in [0.25, 0.3) is 0 Å². The summed E-state index contributed by atoms with van der Waals surface area (Å²) in [6, 6.07) is 22.9. The average Bonchev–Trinajstić information content (AvgIpc) is 3.49. The Bertz CT molecular complexity index is 1550. The van der Waals surface area contributed by atoms with Crippen LogP contribution in [0, 0.1) is 6.92 Å². The minimum absolute atomic E-state index is 0.230. The molecule has 2 aromatic carbocycles. The highest BCUT2D eigenvalue weighted by Crippen LogP contribution is 2.43. The second kappa shape index (κ2) is 9.87. The van der Waals surface area contributed by atoms with E-state index in [-0.39, 0.29) is 12.1 Å². The van der Waals surface area contributed by atoms with Crippen molar-refractivity contribution in [1.82, 2.24) is 14.9 Å². The van der Waals surface area contributed by atoms with Crippen LogP contribution in [0.2, 0.25) is 0 Å². The van der Waals surface area contributed by atoms with Gasteiger partial charge in [0, 0.05) is 23.8 Å². The second-order valence-corrected chi connectivity index (χ2v) is 11.0. The van der Waals surface area contributed by atoms with Gasteiger partial charge in [-0.15, -0.1) is 0 Å². The van der Waals surface area contributed by atoms with Gasteiger partial charge in [0.15, 0.2) is 5.11 Å². The summed E-state index contributed by atoms with van der Waals surface area (Å²) in [6.07, 6.45) is 4.92. The van der Waals surface area contributed by atoms with Crippen LogP contribution in [0.15, 0.2) is 85.2 Å². The first kappa shape index (κ1) is 24.8. The first-order valence-corrected chi connectivity index (χ1v) is 14.0. The summed E-state index contributed by atoms with van der Waals surface area (Å²) in [6.45, 7) is 1.87. The third-order valence-corrected chi connectivity index (χ3v) is 7.21. The van der Waals surface area contributed by atoms with Gasteiger partial charge in [-0.05, 0) is 79.3 Å². The maximum absolute atomic E-state index is 11.8. The molecule has 8 nitrogen and oxygen atoms in total. The monoisotopic (exact) mass is 533 g/mol. The second-order valence-electron chi connectivity index (χ2n) is 8.84. The number of ether oxygens (including phenoxy) is 1. The number of aromatic nitrogens is 2. The highest BCUT2D eigenvalue weighted by atomic mass is 32.2. The molecule has 0 amide bonds. The third kappa shape index (κ3) is 4.90. The standard InChI is InChI=1S/C27H27N5O3S2/c1-18-17-19(13-14-20(18)30-37(3,33)34)32-26(25(29-27(32)36)21-9-6-7-15-28-21)23-11-8-16-31(23)22-10-4-5-12-24(22)35-2/h4-17,25-26,30H,1-3H3,(H,29,36). The number of thiocarbonyl (C=S) groups is 1. The number of nitrogens with zero attached hydrogens (tertiary/aromatic N) is 3. The van der Waals surface area contributed by atoms with Gasteiger partial charge >= 0.3 is 0 Å². The summed E-state index contributed by atoms with van der Waals surface area (Å²) in [5.74, 6) is 0.751. The SMILES string of the molecule is COc1ccccc1-n1cccc1C1C(c2ccccn2)NC(=S)N1c1ccc(NS(C)(=O)=O)c(C)c1. The van der Waals surface area contributed by atoms with Crippen molar-refractivity contribution in [3.63, 3.8) is 0 Å². The summed E-state index contributed by atoms with van der Waals surface area (Å²) in [7, 11) is -1.74. The summed E-state index contributed by atoms with van der Waals surface area (Å²) >= 11 is 5.86. The molecular weight excluding hydrogens is 506 g/mol. The molecule has 0 aliphatic carbocycles. The van der Waals surface area contributed by atoms with Crippen molar-refractivity contribution < 1.29 is 13.2 Å². The van der Waals surface area contributed by atoms with E-state index >= 15 is 0 Å². The van der Waals surface area contributed by atoms with Crippen LogP contribution in [0.1, 0.15) is 29.0 Å². The molecule has 1 saturated heterocycles. The molecule has 10 heteroatoms. The van der Waals surface area contributed by atoms with Gasteiger partial charge in [0.1, 0.15) is 11.8 Å². The van der Waals surface area contributed by atoms with Gasteiger partial charge in [0.2, 0.25) is 10.0 Å². The van der Waals surface area contributed by atoms with E-state index in [2.05, 4.69) is 30.6 Å². The van der Waals surface area contributed by atoms with Crippen LogP contribution >= 0.6 is 12.2 Å². The molecule has 5 rings (SSSR count). The molecule has 4 aromatic rings. The normalized spacial score (nSPS) is 17.5. The van der Waals surface area contributed by atoms with E-state index in [1.807, 2.05) is 73.8 Å². The highest BCUT2D eigenvalue weighted by molar-refractivity contribution is 7.92. The number of para-hydroxylation sites is 2. The predicted octanol–water partition coefficient (Wildman–Crippen LogP) is 4.74. The van der Waals surface area contributed by atoms with Gasteiger partial charge < -0.3 is 19.5 Å². The van der Waals surface area contributed by atoms with Crippen LogP contribution in [0.5, 0.6) is 5.75 Å². The molecule has 0 radical (unpaired) electrons. The maximum atomic E-state index is 11.8. The Balaban J connectivity index is 1.65. The molecule has 1 aliphatic heterocycles. The lowest BCUT2D eigenvalue weighted by Gasteiger charge is -2.29. The van der Waals surface area contributed by atoms with Crippen molar-refractivity contribution in [3.8, 4) is 11.4 Å². The minimum atomic E-state index is -3.40. The van der Waals surface area contributed by atoms with Crippen LogP contribution in [0.25, 0.3) is 5.69 Å². The molecule has 0 bridgehead atoms. The van der Waals surface area contributed by atoms with Gasteiger partial charge in [-0.3, -0.25) is 9.71 Å². The molecule has 2 atom stereocenters. The third-order valence-electron chi connectivity index (χ3n) is 6.31. The fourth-order valence-corrected chi connectivity index (χ4v) is 5.70. The fourth-order valence-electron chi connectivity index (χ4n) is 4.73. The van der Waals surface area contributed by atoms with E-state index < -0.39 is 10.0 Å². The topological polar surface area (TPSA) is 88.5 Å². The quantitative estimate of drug-likeness (QED) is 0.332. The molecule has 2 aromatic heterocycles. The zero-order valence-corrected chi connectivity index (χ0v) is 22.3. The minimum Gasteiger partial charge on any atom is -0.495 e. The number of hydrogen-bond donors (Lipinski definition) is 2. The zero-order chi connectivity index (χ0) is 26.2. The Morgan fingerprint density at radius 3 is 2.54 bits per heavy atom. The van der Waals surface area contributed by atoms with E-state index in [4.69, 9.17) is 17.0 Å². The highest BCUT2D eigenvalue weighted by Gasteiger charge is 2.42. The number of nitrogens with one attached hydrogen (secondary N) is 2. The van der Waals surface area contributed by atoms with Crippen molar-refractivity contribution in [2.45, 2.75) is 19.0 Å². The van der Waals surface area contributed by atoms with Crippen LogP contribution in [-0.2, 0) is 10.0 Å². The molecule has 2 N–H and O–H groups in total. The summed E-state index contributed by atoms with van der Waals surface area (Å²) in [4.78, 5) is 6.69. The molecule has 2 unspecified atom stereocenters. The predicted molar refractivity (Wildman–Crippen MR) is 150 cm³/mol. The van der Waals surface area contributed by atoms with Gasteiger partial charge in [-0.1, -0.05) is 18.2 Å². The van der Waals surface area contributed by atoms with Gasteiger partial charge in [-0.2, -0.15) is 0 Å². The number of sulfonamides is 1. The molecule has 0 spiro atoms. The lowest BCUT2D eigenvalue weighted by Crippen LogP contribution is -2.30. The molecular formula is C27H27N5O3S2. The summed E-state index contributed by atoms with van der Waals surface area (Å²) in [5.41, 5.74) is 4.91. The Hall–Kier alpha value is -3.89. The molecule has 0 saturated carbocycles. The average molecular weight is 534 g/mol. The molecule has 1 aliphatic rings. The largest absolute Gasteiger partial charge is 0.495 e. The summed E-state index contributed by atoms with van der Waals surface area (Å²) < 4.78 is 33.9. The zero-order valence-electron chi connectivity index (χ0n) is 20.6. The Kier molecular flexibility index (Phi) is 6.61. The number of methoxy groups -OCH3 is 1. The van der Waals surface area contributed by atoms with E-state index in [0.29, 0.717) is 10.8 Å². The van der Waals surface area contributed by atoms with Crippen molar-refractivity contribution >= 4 is 38.7 Å². The van der Waals surface area contributed by atoms with Crippen molar-refractivity contribution in [1.29, 1.82) is 0 Å². The van der Waals surface area contributed by atoms with Crippen LogP contribution in [0.3, 0.4) is 0 Å². The first-order chi connectivity index (χ1) is 17.8. The number of anilines is 2. The molecule has 1 fully saturated rings. The van der Waals surface area contributed by atoms with Crippen LogP contribution in [0.4, 0.5) is 11.4 Å². The number of pyridine rings is 1. The van der Waals surface area contributed by atoms with Gasteiger partial charge in [0.05, 0.1) is 36.5 Å². The molecule has 3 heterocycles. The molecule has 190 valence electrons. The lowest BCUT2D eigenvalue weighted by molar-refractivity contribution is 0.412. The van der Waals surface area contributed by atoms with Crippen LogP contribution < -0.4 is 19.7 Å². The lowest BCUT2D eigenvalue weighted by atomic mass is 10.00. The Labute approximate surface area is 222 Å². The van der Waals surface area contributed by atoms with E-state index in [1.54, 1.807) is 19.4 Å². The summed E-state index contributed by atoms with van der Waals surface area (Å²) in [5, 5.41) is 4.03. The van der Waals surface area contributed by atoms with Gasteiger partial charge in [-0.25, -0.2) is 8.42 Å². The first-order valence-electron chi connectivity index (χ1n) is 11.7. The number of aryl methyl sites for hydroxylation is 1. The maximum Gasteiger partial charge on any atom is 0.229 e. The number of benzene rings is 2. The van der Waals surface area contributed by atoms with Crippen molar-refractivity contribution in [2.24, 2.45) is 0 Å². The van der Waals surface area contributed by atoms with E-state index in [1.165, 1.54) is 0 Å². The van der Waals surface area contributed by atoms with Crippen molar-refractivity contribution in [2.75, 3.05) is 23.0 Å². The Morgan fingerprint density at radius 2 is 1.84 bits per heavy atom. The Morgan fingerprint density at radius 1 is 1.05 bits per heavy atom. The van der Waals surface area contributed by atoms with Crippen molar-refractivity contribution in [3.05, 3.63) is 102 Å². The smallest absolute Gasteiger partial charge is 0.229 e. The van der Waals surface area contributed by atoms with E-state index in [0.717, 1.165) is 40.3 Å². The fraction of sp³-hybridized carbons (Fsp3) is 0.185. The van der Waals surface area contributed by atoms with E-state index in [9.17, 15) is 8.42 Å². The van der Waals surface area contributed by atoms with Crippen LogP contribution in [-0.4, -0.2) is 36.4 Å². The number of hydrogen-bond acceptors (Lipinski definition) is 5.